The summed E-state index contributed by atoms with van der Waals surface area (Å²) in [7, 11) is 0. The number of hydrogen-bond donors (Lipinski definition) is 1. The van der Waals surface area contributed by atoms with E-state index in [0.29, 0.717) is 12.8 Å². The molecule has 3 aromatic carbocycles. The van der Waals surface area contributed by atoms with Crippen molar-refractivity contribution in [3.05, 3.63) is 107 Å². The van der Waals surface area contributed by atoms with Crippen molar-refractivity contribution in [2.75, 3.05) is 0 Å². The zero-order valence-corrected chi connectivity index (χ0v) is 17.1. The second kappa shape index (κ2) is 8.03. The lowest BCUT2D eigenvalue weighted by Crippen LogP contribution is -2.52. The second-order valence-electron chi connectivity index (χ2n) is 8.50. The van der Waals surface area contributed by atoms with Gasteiger partial charge in [0.1, 0.15) is 6.10 Å². The summed E-state index contributed by atoms with van der Waals surface area (Å²) in [6.07, 6.45) is 1.23. The highest BCUT2D eigenvalue weighted by atomic mass is 16.5. The average Bonchev–Trinajstić information content (AvgIpc) is 3.16. The maximum Gasteiger partial charge on any atom is 0.310 e. The first-order valence-corrected chi connectivity index (χ1v) is 10.7. The first-order valence-electron chi connectivity index (χ1n) is 10.7. The molecule has 0 radical (unpaired) electrons. The number of esters is 1. The van der Waals surface area contributed by atoms with Gasteiger partial charge in [-0.25, -0.2) is 0 Å². The van der Waals surface area contributed by atoms with Crippen LogP contribution in [0.2, 0.25) is 0 Å². The highest BCUT2D eigenvalue weighted by molar-refractivity contribution is 5.84. The van der Waals surface area contributed by atoms with Crippen molar-refractivity contribution in [2.45, 2.75) is 30.8 Å². The lowest BCUT2D eigenvalue weighted by atomic mass is 9.52. The Hall–Kier alpha value is -3.40. The smallest absolute Gasteiger partial charge is 0.310 e. The van der Waals surface area contributed by atoms with Crippen molar-refractivity contribution >= 4 is 11.9 Å². The summed E-state index contributed by atoms with van der Waals surface area (Å²) in [5, 5.41) is 10.0. The number of aliphatic carboxylic acids is 1. The van der Waals surface area contributed by atoms with Crippen LogP contribution in [0.25, 0.3) is 0 Å². The lowest BCUT2D eigenvalue weighted by molar-refractivity contribution is -0.167. The Balaban J connectivity index is 1.45. The van der Waals surface area contributed by atoms with Crippen molar-refractivity contribution in [1.82, 2.24) is 0 Å². The van der Waals surface area contributed by atoms with Gasteiger partial charge in [0.25, 0.3) is 0 Å². The van der Waals surface area contributed by atoms with Gasteiger partial charge in [-0.1, -0.05) is 84.9 Å². The first-order chi connectivity index (χ1) is 15.1. The zero-order chi connectivity index (χ0) is 21.4. The predicted molar refractivity (Wildman–Crippen MR) is 117 cm³/mol. The van der Waals surface area contributed by atoms with Crippen molar-refractivity contribution in [3.8, 4) is 0 Å². The van der Waals surface area contributed by atoms with Crippen LogP contribution in [0.4, 0.5) is 0 Å². The Morgan fingerprint density at radius 3 is 1.58 bits per heavy atom. The number of ether oxygens (including phenoxy) is 1. The van der Waals surface area contributed by atoms with E-state index in [-0.39, 0.29) is 12.1 Å². The Labute approximate surface area is 181 Å². The van der Waals surface area contributed by atoms with Gasteiger partial charge in [0.15, 0.2) is 0 Å². The minimum absolute atomic E-state index is 0.193. The van der Waals surface area contributed by atoms with Crippen molar-refractivity contribution in [2.24, 2.45) is 11.8 Å². The number of benzene rings is 3. The summed E-state index contributed by atoms with van der Waals surface area (Å²) in [4.78, 5) is 25.7. The van der Waals surface area contributed by atoms with Crippen LogP contribution in [-0.4, -0.2) is 23.1 Å². The fraction of sp³-hybridized carbons (Fsp3) is 0.259. The number of carboxylic acid groups (broad SMARTS) is 1. The molecule has 0 heterocycles. The van der Waals surface area contributed by atoms with E-state index in [1.807, 2.05) is 72.8 Å². The van der Waals surface area contributed by atoms with E-state index in [0.717, 1.165) is 11.1 Å². The molecule has 0 spiro atoms. The summed E-state index contributed by atoms with van der Waals surface area (Å²) < 4.78 is 6.00. The van der Waals surface area contributed by atoms with E-state index in [2.05, 4.69) is 12.1 Å². The molecule has 4 heteroatoms. The summed E-state index contributed by atoms with van der Waals surface area (Å²) in [5.74, 6) is -3.16. The van der Waals surface area contributed by atoms with E-state index in [1.165, 1.54) is 11.1 Å². The highest BCUT2D eigenvalue weighted by Gasteiger charge is 2.59. The van der Waals surface area contributed by atoms with Gasteiger partial charge >= 0.3 is 11.9 Å². The van der Waals surface area contributed by atoms with Gasteiger partial charge < -0.3 is 9.84 Å². The molecular weight excluding hydrogens is 388 g/mol. The quantitative estimate of drug-likeness (QED) is 0.623. The SMILES string of the molecule is O=C(O)C1C(c2ccccc2)C(C(=O)OC2Cc3ccccc3C2)C1c1ccccc1. The van der Waals surface area contributed by atoms with Gasteiger partial charge in [-0.05, 0) is 22.3 Å². The predicted octanol–water partition coefficient (Wildman–Crippen LogP) is 4.60. The lowest BCUT2D eigenvalue weighted by Gasteiger charge is -2.49. The third-order valence-corrected chi connectivity index (χ3v) is 6.77. The minimum atomic E-state index is -0.875. The molecule has 0 aliphatic heterocycles. The number of fused-ring (bicyclic) bond motifs is 1. The molecule has 0 aromatic heterocycles. The number of hydrogen-bond acceptors (Lipinski definition) is 3. The topological polar surface area (TPSA) is 63.6 Å². The summed E-state index contributed by atoms with van der Waals surface area (Å²) in [5.41, 5.74) is 4.19. The zero-order valence-electron chi connectivity index (χ0n) is 17.1. The van der Waals surface area contributed by atoms with Crippen LogP contribution >= 0.6 is 0 Å². The molecule has 4 nitrogen and oxygen atoms in total. The maximum absolute atomic E-state index is 13.5. The second-order valence-corrected chi connectivity index (χ2v) is 8.50. The van der Waals surface area contributed by atoms with Crippen LogP contribution in [-0.2, 0) is 27.2 Å². The number of carbonyl (C=O) groups excluding carboxylic acids is 1. The molecule has 0 saturated heterocycles. The van der Waals surface area contributed by atoms with Gasteiger partial charge in [0, 0.05) is 24.7 Å². The van der Waals surface area contributed by atoms with Crippen LogP contribution in [0.5, 0.6) is 0 Å². The summed E-state index contributed by atoms with van der Waals surface area (Å²) >= 11 is 0. The van der Waals surface area contributed by atoms with Crippen LogP contribution in [0.15, 0.2) is 84.9 Å². The van der Waals surface area contributed by atoms with E-state index in [4.69, 9.17) is 4.74 Å². The van der Waals surface area contributed by atoms with Crippen LogP contribution in [0, 0.1) is 11.8 Å². The molecular formula is C27H24O4. The molecule has 5 rings (SSSR count). The van der Waals surface area contributed by atoms with Crippen LogP contribution < -0.4 is 0 Å². The molecule has 2 atom stereocenters. The summed E-state index contributed by atoms with van der Waals surface area (Å²) in [6.45, 7) is 0. The van der Waals surface area contributed by atoms with Crippen molar-refractivity contribution in [3.63, 3.8) is 0 Å². The maximum atomic E-state index is 13.5. The Morgan fingerprint density at radius 1 is 0.677 bits per heavy atom. The Morgan fingerprint density at radius 2 is 1.13 bits per heavy atom. The molecule has 2 aliphatic rings. The molecule has 2 unspecified atom stereocenters. The minimum Gasteiger partial charge on any atom is -0.481 e. The third kappa shape index (κ3) is 3.52. The van der Waals surface area contributed by atoms with Gasteiger partial charge in [0.2, 0.25) is 0 Å². The molecule has 1 N–H and O–H groups in total. The molecule has 3 aromatic rings. The fourth-order valence-corrected chi connectivity index (χ4v) is 5.37. The molecule has 0 bridgehead atoms. The van der Waals surface area contributed by atoms with E-state index in [1.54, 1.807) is 0 Å². The number of rotatable bonds is 5. The summed E-state index contributed by atoms with van der Waals surface area (Å²) in [6, 6.07) is 27.2. The monoisotopic (exact) mass is 412 g/mol. The normalized spacial score (nSPS) is 24.8. The van der Waals surface area contributed by atoms with Gasteiger partial charge in [-0.15, -0.1) is 0 Å². The van der Waals surface area contributed by atoms with Crippen LogP contribution in [0.1, 0.15) is 34.1 Å². The average molecular weight is 412 g/mol. The van der Waals surface area contributed by atoms with E-state index < -0.39 is 29.6 Å². The number of carboxylic acids is 1. The Bertz CT molecular complexity index is 1020. The van der Waals surface area contributed by atoms with Gasteiger partial charge in [-0.3, -0.25) is 9.59 Å². The molecule has 1 saturated carbocycles. The van der Waals surface area contributed by atoms with Crippen molar-refractivity contribution in [1.29, 1.82) is 0 Å². The van der Waals surface area contributed by atoms with Gasteiger partial charge in [0.05, 0.1) is 11.8 Å². The van der Waals surface area contributed by atoms with E-state index in [9.17, 15) is 14.7 Å². The largest absolute Gasteiger partial charge is 0.481 e. The highest BCUT2D eigenvalue weighted by Crippen LogP contribution is 2.58. The Kier molecular flexibility index (Phi) is 5.06. The third-order valence-electron chi connectivity index (χ3n) is 6.77. The number of carbonyl (C=O) groups is 2. The molecule has 156 valence electrons. The molecule has 31 heavy (non-hydrogen) atoms. The standard InChI is InChI=1S/C27H24O4/c28-26(29)24-22(17-9-3-1-4-10-17)25(23(24)18-11-5-2-6-12-18)27(30)31-21-15-19-13-7-8-14-20(19)16-21/h1-14,21-25H,15-16H2,(H,28,29). The molecule has 1 fully saturated rings. The van der Waals surface area contributed by atoms with E-state index >= 15 is 0 Å². The van der Waals surface area contributed by atoms with Crippen molar-refractivity contribution < 1.29 is 19.4 Å². The fourth-order valence-electron chi connectivity index (χ4n) is 5.37. The molecule has 2 aliphatic carbocycles. The first kappa shape index (κ1) is 19.6. The van der Waals surface area contributed by atoms with Gasteiger partial charge in [-0.2, -0.15) is 0 Å². The van der Waals surface area contributed by atoms with Crippen LogP contribution in [0.3, 0.4) is 0 Å². The molecule has 0 amide bonds.